The van der Waals surface area contributed by atoms with Crippen LogP contribution in [0.1, 0.15) is 52.0 Å². The lowest BCUT2D eigenvalue weighted by atomic mass is 10.0. The number of amides is 1. The van der Waals surface area contributed by atoms with E-state index in [4.69, 9.17) is 0 Å². The van der Waals surface area contributed by atoms with Gasteiger partial charge in [0.15, 0.2) is 0 Å². The Morgan fingerprint density at radius 1 is 1.15 bits per heavy atom. The van der Waals surface area contributed by atoms with Gasteiger partial charge in [0.2, 0.25) is 5.91 Å². The maximum atomic E-state index is 11.6. The van der Waals surface area contributed by atoms with Gasteiger partial charge in [0.25, 0.3) is 0 Å². The Morgan fingerprint density at radius 2 is 1.90 bits per heavy atom. The Hall–Kier alpha value is -1.64. The number of carbonyl (C=O) groups is 2. The van der Waals surface area contributed by atoms with Gasteiger partial charge in [-0.15, -0.1) is 0 Å². The third kappa shape index (κ3) is 6.50. The highest BCUT2D eigenvalue weighted by atomic mass is 16.1. The molecule has 0 unspecified atom stereocenters. The van der Waals surface area contributed by atoms with Crippen LogP contribution in [0.4, 0.5) is 5.69 Å². The first-order valence-electron chi connectivity index (χ1n) is 7.38. The van der Waals surface area contributed by atoms with Gasteiger partial charge in [-0.3, -0.25) is 4.79 Å². The second-order valence-corrected chi connectivity index (χ2v) is 5.61. The molecule has 0 aliphatic rings. The highest BCUT2D eigenvalue weighted by molar-refractivity contribution is 5.92. The molecule has 0 spiro atoms. The lowest BCUT2D eigenvalue weighted by Gasteiger charge is -2.09. The molecule has 0 aliphatic carbocycles. The van der Waals surface area contributed by atoms with E-state index in [9.17, 15) is 9.59 Å². The lowest BCUT2D eigenvalue weighted by Crippen LogP contribution is -2.17. The molecule has 1 amide bonds. The molecule has 1 rings (SSSR count). The summed E-state index contributed by atoms with van der Waals surface area (Å²) in [5.41, 5.74) is 2.10. The third-order valence-electron chi connectivity index (χ3n) is 3.21. The average molecular weight is 275 g/mol. The van der Waals surface area contributed by atoms with Crippen LogP contribution in [-0.2, 0) is 16.0 Å². The zero-order valence-corrected chi connectivity index (χ0v) is 12.7. The zero-order chi connectivity index (χ0) is 15.0. The minimum Gasteiger partial charge on any atom is -0.326 e. The minimum absolute atomic E-state index is 0.00904. The van der Waals surface area contributed by atoms with Crippen molar-refractivity contribution in [1.82, 2.24) is 0 Å². The van der Waals surface area contributed by atoms with Crippen molar-refractivity contribution < 1.29 is 9.59 Å². The number of carbonyl (C=O) groups excluding carboxylic acids is 2. The van der Waals surface area contributed by atoms with Crippen LogP contribution in [0.2, 0.25) is 0 Å². The molecule has 3 nitrogen and oxygen atoms in total. The first-order valence-corrected chi connectivity index (χ1v) is 7.38. The fourth-order valence-corrected chi connectivity index (χ4v) is 1.97. The molecule has 0 saturated heterocycles. The highest BCUT2D eigenvalue weighted by Gasteiger charge is 2.07. The van der Waals surface area contributed by atoms with E-state index in [1.165, 1.54) is 5.56 Å². The van der Waals surface area contributed by atoms with Crippen molar-refractivity contribution in [3.8, 4) is 0 Å². The summed E-state index contributed by atoms with van der Waals surface area (Å²) in [5, 5.41) is 2.91. The van der Waals surface area contributed by atoms with Crippen molar-refractivity contribution in [2.24, 2.45) is 5.92 Å². The van der Waals surface area contributed by atoms with Crippen LogP contribution in [0.3, 0.4) is 0 Å². The van der Waals surface area contributed by atoms with Crippen LogP contribution in [0.5, 0.6) is 0 Å². The number of benzene rings is 1. The molecular formula is C17H25NO2. The molecule has 0 fully saturated rings. The fraction of sp³-hybridized carbons (Fsp3) is 0.529. The number of ketones is 1. The molecule has 110 valence electrons. The van der Waals surface area contributed by atoms with Crippen molar-refractivity contribution >= 4 is 17.4 Å². The number of nitrogens with one attached hydrogen (secondary N) is 1. The molecule has 0 saturated carbocycles. The van der Waals surface area contributed by atoms with Crippen LogP contribution < -0.4 is 5.32 Å². The number of unbranched alkanes of at least 4 members (excludes halogenated alkanes) is 2. The van der Waals surface area contributed by atoms with Crippen molar-refractivity contribution in [3.05, 3.63) is 29.8 Å². The fourth-order valence-electron chi connectivity index (χ4n) is 1.97. The van der Waals surface area contributed by atoms with E-state index in [0.717, 1.165) is 31.4 Å². The van der Waals surface area contributed by atoms with E-state index in [1.54, 1.807) is 6.92 Å². The Balaban J connectivity index is 2.40. The molecular weight excluding hydrogens is 250 g/mol. The van der Waals surface area contributed by atoms with Gasteiger partial charge in [-0.1, -0.05) is 32.4 Å². The van der Waals surface area contributed by atoms with Gasteiger partial charge in [0.05, 0.1) is 0 Å². The Labute approximate surface area is 121 Å². The van der Waals surface area contributed by atoms with Gasteiger partial charge in [-0.2, -0.15) is 0 Å². The molecule has 1 aromatic carbocycles. The molecule has 1 N–H and O–H groups in total. The summed E-state index contributed by atoms with van der Waals surface area (Å²) in [6, 6.07) is 8.00. The summed E-state index contributed by atoms with van der Waals surface area (Å²) < 4.78 is 0. The Bertz CT molecular complexity index is 452. The minimum atomic E-state index is -0.00904. The summed E-state index contributed by atoms with van der Waals surface area (Å²) >= 11 is 0. The molecule has 0 heterocycles. The summed E-state index contributed by atoms with van der Waals surface area (Å²) in [7, 11) is 0. The normalized spacial score (nSPS) is 10.6. The number of rotatable bonds is 8. The van der Waals surface area contributed by atoms with E-state index in [2.05, 4.69) is 11.4 Å². The maximum absolute atomic E-state index is 11.6. The van der Waals surface area contributed by atoms with Gasteiger partial charge < -0.3 is 10.1 Å². The number of hydrogen-bond donors (Lipinski definition) is 1. The zero-order valence-electron chi connectivity index (χ0n) is 12.7. The van der Waals surface area contributed by atoms with Crippen LogP contribution in [0, 0.1) is 5.92 Å². The van der Waals surface area contributed by atoms with Gasteiger partial charge >= 0.3 is 0 Å². The molecule has 20 heavy (non-hydrogen) atoms. The molecule has 0 atom stereocenters. The van der Waals surface area contributed by atoms with Gasteiger partial charge in [0.1, 0.15) is 5.78 Å². The highest BCUT2D eigenvalue weighted by Crippen LogP contribution is 2.14. The van der Waals surface area contributed by atoms with E-state index < -0.39 is 0 Å². The Kier molecular flexibility index (Phi) is 6.99. The standard InChI is InChI=1S/C17H25NO2/c1-13(2)17(20)18-16-11-7-10-15(12-16)9-6-4-5-8-14(3)19/h7,10-13H,4-6,8-9H2,1-3H3,(H,18,20). The molecule has 0 aromatic heterocycles. The Morgan fingerprint density at radius 3 is 2.55 bits per heavy atom. The van der Waals surface area contributed by atoms with Crippen molar-refractivity contribution in [2.45, 2.75) is 52.9 Å². The quantitative estimate of drug-likeness (QED) is 0.730. The molecule has 1 aromatic rings. The number of anilines is 1. The average Bonchev–Trinajstić information content (AvgIpc) is 2.38. The second-order valence-electron chi connectivity index (χ2n) is 5.61. The maximum Gasteiger partial charge on any atom is 0.226 e. The summed E-state index contributed by atoms with van der Waals surface area (Å²) in [5.74, 6) is 0.303. The SMILES string of the molecule is CC(=O)CCCCCc1cccc(NC(=O)C(C)C)c1. The predicted octanol–water partition coefficient (Wildman–Crippen LogP) is 3.97. The first-order chi connectivity index (χ1) is 9.49. The summed E-state index contributed by atoms with van der Waals surface area (Å²) in [6.45, 7) is 5.41. The van der Waals surface area contributed by atoms with Crippen molar-refractivity contribution in [2.75, 3.05) is 5.32 Å². The molecule has 3 heteroatoms. The molecule has 0 bridgehead atoms. The van der Waals surface area contributed by atoms with Crippen molar-refractivity contribution in [1.29, 1.82) is 0 Å². The topological polar surface area (TPSA) is 46.2 Å². The van der Waals surface area contributed by atoms with Crippen molar-refractivity contribution in [3.63, 3.8) is 0 Å². The van der Waals surface area contributed by atoms with Crippen LogP contribution in [-0.4, -0.2) is 11.7 Å². The van der Waals surface area contributed by atoms with E-state index in [-0.39, 0.29) is 17.6 Å². The largest absolute Gasteiger partial charge is 0.326 e. The monoisotopic (exact) mass is 275 g/mol. The molecule has 0 aliphatic heterocycles. The smallest absolute Gasteiger partial charge is 0.226 e. The van der Waals surface area contributed by atoms with Crippen LogP contribution >= 0.6 is 0 Å². The third-order valence-corrected chi connectivity index (χ3v) is 3.21. The van der Waals surface area contributed by atoms with E-state index in [1.807, 2.05) is 32.0 Å². The van der Waals surface area contributed by atoms with Gasteiger partial charge in [0, 0.05) is 18.0 Å². The van der Waals surface area contributed by atoms with Crippen LogP contribution in [0.15, 0.2) is 24.3 Å². The second kappa shape index (κ2) is 8.51. The van der Waals surface area contributed by atoms with Gasteiger partial charge in [-0.05, 0) is 43.9 Å². The first kappa shape index (κ1) is 16.4. The van der Waals surface area contributed by atoms with Gasteiger partial charge in [-0.25, -0.2) is 0 Å². The van der Waals surface area contributed by atoms with Crippen LogP contribution in [0.25, 0.3) is 0 Å². The predicted molar refractivity (Wildman–Crippen MR) is 82.8 cm³/mol. The lowest BCUT2D eigenvalue weighted by molar-refractivity contribution is -0.119. The summed E-state index contributed by atoms with van der Waals surface area (Å²) in [6.07, 6.45) is 4.80. The number of hydrogen-bond acceptors (Lipinski definition) is 2. The number of aryl methyl sites for hydroxylation is 1. The summed E-state index contributed by atoms with van der Waals surface area (Å²) in [4.78, 5) is 22.5. The van der Waals surface area contributed by atoms with E-state index in [0.29, 0.717) is 6.42 Å². The molecule has 0 radical (unpaired) electrons. The van der Waals surface area contributed by atoms with E-state index >= 15 is 0 Å². The number of Topliss-reactive ketones (excluding diaryl/α,β-unsaturated/α-hetero) is 1.